The number of benzene rings is 2. The molecule has 0 radical (unpaired) electrons. The third-order valence-corrected chi connectivity index (χ3v) is 11.6. The SMILES string of the molecule is COc1nc(O[C@H]2CCc3c(-c4cccc(-c5cc(C)c(CNC[C@@H]6CCC(=O)N6)c(OC)n5)c4Cl)cccc32)c(Cl)cc1CN1CC[C@@](C)(C(=O)O)C1. The first-order valence-corrected chi connectivity index (χ1v) is 19.0. The van der Waals surface area contributed by atoms with Crippen LogP contribution < -0.4 is 24.8 Å². The Morgan fingerprint density at radius 2 is 1.78 bits per heavy atom. The number of nitrogens with zero attached hydrogens (tertiary/aromatic N) is 3. The molecule has 2 aromatic carbocycles. The number of carboxylic acid groups (broad SMARTS) is 1. The molecule has 4 aromatic rings. The van der Waals surface area contributed by atoms with Gasteiger partial charge in [-0.3, -0.25) is 14.5 Å². The molecule has 0 spiro atoms. The quantitative estimate of drug-likeness (QED) is 0.128. The number of aromatic nitrogens is 2. The largest absolute Gasteiger partial charge is 0.481 e. The van der Waals surface area contributed by atoms with Crippen LogP contribution in [-0.4, -0.2) is 71.7 Å². The number of carboxylic acids is 1. The highest BCUT2D eigenvalue weighted by atomic mass is 35.5. The molecule has 4 heterocycles. The Balaban J connectivity index is 1.10. The number of amides is 1. The van der Waals surface area contributed by atoms with E-state index in [1.807, 2.05) is 43.3 Å². The Labute approximate surface area is 325 Å². The maximum absolute atomic E-state index is 11.8. The summed E-state index contributed by atoms with van der Waals surface area (Å²) >= 11 is 14.0. The summed E-state index contributed by atoms with van der Waals surface area (Å²) in [7, 11) is 3.18. The third-order valence-electron chi connectivity index (χ3n) is 11.0. The number of aryl methyl sites for hydroxylation is 1. The minimum Gasteiger partial charge on any atom is -0.481 e. The summed E-state index contributed by atoms with van der Waals surface area (Å²) in [6.07, 6.45) is 3.20. The lowest BCUT2D eigenvalue weighted by Gasteiger charge is -2.22. The van der Waals surface area contributed by atoms with Gasteiger partial charge in [-0.25, -0.2) is 4.98 Å². The fourth-order valence-corrected chi connectivity index (χ4v) is 8.47. The number of pyridine rings is 2. The Morgan fingerprint density at radius 1 is 1.02 bits per heavy atom. The molecule has 0 bridgehead atoms. The molecule has 284 valence electrons. The number of methoxy groups -OCH3 is 2. The first-order chi connectivity index (χ1) is 26.0. The van der Waals surface area contributed by atoms with Crippen molar-refractivity contribution in [1.82, 2.24) is 25.5 Å². The summed E-state index contributed by atoms with van der Waals surface area (Å²) < 4.78 is 17.9. The molecule has 1 aliphatic carbocycles. The summed E-state index contributed by atoms with van der Waals surface area (Å²) in [6.45, 7) is 6.63. The third kappa shape index (κ3) is 7.60. The van der Waals surface area contributed by atoms with Gasteiger partial charge in [-0.1, -0.05) is 59.6 Å². The summed E-state index contributed by atoms with van der Waals surface area (Å²) in [4.78, 5) is 35.0. The first-order valence-electron chi connectivity index (χ1n) is 18.3. The van der Waals surface area contributed by atoms with Gasteiger partial charge in [0.05, 0.1) is 30.4 Å². The van der Waals surface area contributed by atoms with Crippen LogP contribution in [0.1, 0.15) is 66.5 Å². The Kier molecular flexibility index (Phi) is 11.0. The molecule has 1 amide bonds. The fourth-order valence-electron chi connectivity index (χ4n) is 7.93. The van der Waals surface area contributed by atoms with E-state index in [0.29, 0.717) is 67.4 Å². The van der Waals surface area contributed by atoms with Crippen LogP contribution >= 0.6 is 23.2 Å². The van der Waals surface area contributed by atoms with Crippen molar-refractivity contribution in [2.24, 2.45) is 5.41 Å². The molecule has 2 fully saturated rings. The average molecular weight is 775 g/mol. The minimum absolute atomic E-state index is 0.0999. The van der Waals surface area contributed by atoms with Gasteiger partial charge in [0.25, 0.3) is 0 Å². The fraction of sp³-hybridized carbons (Fsp3) is 0.415. The molecule has 0 unspecified atom stereocenters. The number of fused-ring (bicyclic) bond motifs is 1. The highest BCUT2D eigenvalue weighted by Gasteiger charge is 2.40. The van der Waals surface area contributed by atoms with Crippen LogP contribution in [-0.2, 0) is 29.1 Å². The zero-order valence-corrected chi connectivity index (χ0v) is 32.4. The van der Waals surface area contributed by atoms with Crippen molar-refractivity contribution < 1.29 is 28.9 Å². The van der Waals surface area contributed by atoms with E-state index in [2.05, 4.69) is 32.7 Å². The molecule has 54 heavy (non-hydrogen) atoms. The zero-order chi connectivity index (χ0) is 38.1. The van der Waals surface area contributed by atoms with E-state index in [1.165, 1.54) is 0 Å². The lowest BCUT2D eigenvalue weighted by Crippen LogP contribution is -2.35. The van der Waals surface area contributed by atoms with Crippen LogP contribution in [0.5, 0.6) is 17.6 Å². The van der Waals surface area contributed by atoms with Crippen LogP contribution in [0.15, 0.2) is 48.5 Å². The molecule has 2 aliphatic heterocycles. The molecule has 2 saturated heterocycles. The van der Waals surface area contributed by atoms with Crippen molar-refractivity contribution in [1.29, 1.82) is 0 Å². The molecule has 3 aliphatic rings. The lowest BCUT2D eigenvalue weighted by molar-refractivity contribution is -0.147. The summed E-state index contributed by atoms with van der Waals surface area (Å²) in [5, 5.41) is 17.1. The summed E-state index contributed by atoms with van der Waals surface area (Å²) in [5.41, 5.74) is 7.63. The van der Waals surface area contributed by atoms with Gasteiger partial charge in [-0.2, -0.15) is 4.98 Å². The second-order valence-corrected chi connectivity index (χ2v) is 15.5. The lowest BCUT2D eigenvalue weighted by atomic mass is 9.90. The Bertz CT molecular complexity index is 2100. The van der Waals surface area contributed by atoms with Gasteiger partial charge in [0.1, 0.15) is 11.1 Å². The van der Waals surface area contributed by atoms with E-state index in [9.17, 15) is 14.7 Å². The maximum atomic E-state index is 11.8. The smallest absolute Gasteiger partial charge is 0.310 e. The first kappa shape index (κ1) is 37.9. The molecule has 2 aromatic heterocycles. The second kappa shape index (κ2) is 15.7. The molecular weight excluding hydrogens is 729 g/mol. The number of ether oxygens (including phenoxy) is 3. The molecular formula is C41H45Cl2N5O6. The molecule has 7 rings (SSSR count). The highest BCUT2D eigenvalue weighted by Crippen LogP contribution is 2.45. The zero-order valence-electron chi connectivity index (χ0n) is 30.9. The van der Waals surface area contributed by atoms with Crippen molar-refractivity contribution in [3.05, 3.63) is 86.4 Å². The van der Waals surface area contributed by atoms with Gasteiger partial charge in [-0.05, 0) is 80.5 Å². The van der Waals surface area contributed by atoms with Crippen molar-refractivity contribution in [3.8, 4) is 40.0 Å². The van der Waals surface area contributed by atoms with Gasteiger partial charge in [0.15, 0.2) is 0 Å². The van der Waals surface area contributed by atoms with Crippen LogP contribution in [0.4, 0.5) is 0 Å². The molecule has 11 nitrogen and oxygen atoms in total. The van der Waals surface area contributed by atoms with E-state index in [-0.39, 0.29) is 23.9 Å². The molecule has 3 atom stereocenters. The number of aliphatic carboxylic acids is 1. The number of hydrogen-bond acceptors (Lipinski definition) is 9. The summed E-state index contributed by atoms with van der Waals surface area (Å²) in [5.74, 6) is 0.532. The monoisotopic (exact) mass is 773 g/mol. The predicted molar refractivity (Wildman–Crippen MR) is 207 cm³/mol. The summed E-state index contributed by atoms with van der Waals surface area (Å²) in [6, 6.07) is 16.2. The van der Waals surface area contributed by atoms with Gasteiger partial charge >= 0.3 is 5.97 Å². The highest BCUT2D eigenvalue weighted by molar-refractivity contribution is 6.36. The van der Waals surface area contributed by atoms with Gasteiger partial charge in [0, 0.05) is 60.9 Å². The number of halogens is 2. The van der Waals surface area contributed by atoms with Crippen molar-refractivity contribution >= 4 is 35.1 Å². The van der Waals surface area contributed by atoms with Crippen molar-refractivity contribution in [2.45, 2.75) is 71.2 Å². The second-order valence-electron chi connectivity index (χ2n) is 14.7. The van der Waals surface area contributed by atoms with E-state index >= 15 is 0 Å². The maximum Gasteiger partial charge on any atom is 0.310 e. The van der Waals surface area contributed by atoms with Crippen molar-refractivity contribution in [3.63, 3.8) is 0 Å². The number of likely N-dealkylation sites (tertiary alicyclic amines) is 1. The van der Waals surface area contributed by atoms with Crippen LogP contribution in [0.2, 0.25) is 10.0 Å². The average Bonchev–Trinajstić information content (AvgIpc) is 3.88. The van der Waals surface area contributed by atoms with E-state index in [4.69, 9.17) is 42.4 Å². The number of hydrogen-bond donors (Lipinski definition) is 3. The van der Waals surface area contributed by atoms with Crippen LogP contribution in [0.3, 0.4) is 0 Å². The molecule has 13 heteroatoms. The van der Waals surface area contributed by atoms with E-state index < -0.39 is 11.4 Å². The van der Waals surface area contributed by atoms with Crippen molar-refractivity contribution in [2.75, 3.05) is 33.9 Å². The number of carbonyl (C=O) groups is 2. The topological polar surface area (TPSA) is 135 Å². The van der Waals surface area contributed by atoms with Crippen LogP contribution in [0, 0.1) is 12.3 Å². The van der Waals surface area contributed by atoms with Crippen LogP contribution in [0.25, 0.3) is 22.4 Å². The minimum atomic E-state index is -0.789. The Hall–Kier alpha value is -4.42. The predicted octanol–water partition coefficient (Wildman–Crippen LogP) is 7.17. The van der Waals surface area contributed by atoms with Gasteiger partial charge < -0.3 is 30.0 Å². The number of rotatable bonds is 13. The Morgan fingerprint density at radius 3 is 2.50 bits per heavy atom. The standard InChI is InChI=1S/C41H45Cl2N5O6/c1-23-17-33(46-38(53-4)31(23)20-44-19-25-11-14-35(49)45-25)30-10-6-9-29(36(30)43)26-7-5-8-28-27(26)12-13-34(28)54-39-32(42)18-24(37(47-39)52-3)21-48-16-15-41(2,22-48)40(50)51/h5-10,17-18,25,34,44H,11-16,19-22H2,1-4H3,(H,45,49)(H,50,51)/t25-,34-,41+/m0/s1. The van der Waals surface area contributed by atoms with E-state index in [0.717, 1.165) is 69.5 Å². The van der Waals surface area contributed by atoms with E-state index in [1.54, 1.807) is 21.1 Å². The molecule has 3 N–H and O–H groups in total. The van der Waals surface area contributed by atoms with Gasteiger partial charge in [0.2, 0.25) is 23.5 Å². The number of carbonyl (C=O) groups excluding carboxylic acids is 1. The van der Waals surface area contributed by atoms with Gasteiger partial charge in [-0.15, -0.1) is 0 Å². The number of nitrogens with one attached hydrogen (secondary N) is 2. The normalized spacial score (nSPS) is 20.9. The molecule has 0 saturated carbocycles.